The van der Waals surface area contributed by atoms with Gasteiger partial charge in [-0.05, 0) is 47.5 Å². The molecule has 1 amide bonds. The van der Waals surface area contributed by atoms with Crippen LogP contribution < -0.4 is 19.5 Å². The third-order valence-electron chi connectivity index (χ3n) is 4.06. The van der Waals surface area contributed by atoms with Crippen molar-refractivity contribution >= 4 is 23.6 Å². The second kappa shape index (κ2) is 7.14. The van der Waals surface area contributed by atoms with Crippen molar-refractivity contribution in [3.63, 3.8) is 0 Å². The van der Waals surface area contributed by atoms with Crippen LogP contribution in [0.3, 0.4) is 0 Å². The van der Waals surface area contributed by atoms with Gasteiger partial charge in [0.15, 0.2) is 11.5 Å². The summed E-state index contributed by atoms with van der Waals surface area (Å²) in [5.41, 5.74) is 2.75. The van der Waals surface area contributed by atoms with Crippen molar-refractivity contribution in [3.05, 3.63) is 70.3 Å². The lowest BCUT2D eigenvalue weighted by atomic mass is 10.1. The first-order chi connectivity index (χ1) is 12.7. The molecule has 0 bridgehead atoms. The minimum atomic E-state index is -0.180. The largest absolute Gasteiger partial charge is 0.488 e. The van der Waals surface area contributed by atoms with E-state index in [1.54, 1.807) is 12.1 Å². The van der Waals surface area contributed by atoms with E-state index in [0.717, 1.165) is 28.2 Å². The molecule has 0 aromatic heterocycles. The highest BCUT2D eigenvalue weighted by Crippen LogP contribution is 2.32. The number of hydrogen-bond donors (Lipinski definition) is 1. The van der Waals surface area contributed by atoms with Gasteiger partial charge in [0.05, 0.1) is 0 Å². The normalized spacial score (nSPS) is 14.6. The van der Waals surface area contributed by atoms with Crippen LogP contribution in [0.1, 0.15) is 11.1 Å². The fourth-order valence-electron chi connectivity index (χ4n) is 2.74. The van der Waals surface area contributed by atoms with Gasteiger partial charge in [0.25, 0.3) is 0 Å². The van der Waals surface area contributed by atoms with Crippen LogP contribution in [-0.2, 0) is 11.3 Å². The van der Waals surface area contributed by atoms with Crippen molar-refractivity contribution in [2.24, 2.45) is 0 Å². The van der Waals surface area contributed by atoms with Crippen molar-refractivity contribution in [3.8, 4) is 17.2 Å². The molecule has 26 heavy (non-hydrogen) atoms. The quantitative estimate of drug-likeness (QED) is 0.834. The predicted molar refractivity (Wildman–Crippen MR) is 98.5 cm³/mol. The molecule has 6 heteroatoms. The van der Waals surface area contributed by atoms with E-state index in [2.05, 4.69) is 5.32 Å². The van der Waals surface area contributed by atoms with E-state index in [9.17, 15) is 4.79 Å². The lowest BCUT2D eigenvalue weighted by Crippen LogP contribution is -2.20. The number of ether oxygens (including phenoxy) is 3. The monoisotopic (exact) mass is 369 g/mol. The molecule has 5 nitrogen and oxygen atoms in total. The number of hydrogen-bond acceptors (Lipinski definition) is 4. The molecule has 2 aromatic rings. The van der Waals surface area contributed by atoms with Gasteiger partial charge in [-0.2, -0.15) is 0 Å². The Morgan fingerprint density at radius 2 is 1.92 bits per heavy atom. The Morgan fingerprint density at radius 1 is 1.08 bits per heavy atom. The molecule has 0 saturated carbocycles. The first-order valence-corrected chi connectivity index (χ1v) is 8.52. The Bertz CT molecular complexity index is 920. The van der Waals surface area contributed by atoms with Crippen molar-refractivity contribution in [2.45, 2.75) is 6.54 Å². The van der Waals surface area contributed by atoms with E-state index in [1.165, 1.54) is 6.08 Å². The average molecular weight is 370 g/mol. The molecule has 0 spiro atoms. The number of nitrogens with one attached hydrogen (secondary N) is 1. The summed E-state index contributed by atoms with van der Waals surface area (Å²) in [6.45, 7) is 1.06. The summed E-state index contributed by atoms with van der Waals surface area (Å²) in [5, 5.41) is 3.50. The summed E-state index contributed by atoms with van der Waals surface area (Å²) in [5.74, 6) is 2.04. The first kappa shape index (κ1) is 16.5. The van der Waals surface area contributed by atoms with Crippen LogP contribution in [0.15, 0.2) is 54.1 Å². The molecule has 0 atom stereocenters. The van der Waals surface area contributed by atoms with Crippen LogP contribution in [0.2, 0.25) is 5.02 Å². The molecule has 0 unspecified atom stereocenters. The van der Waals surface area contributed by atoms with E-state index in [0.29, 0.717) is 23.9 Å². The molecule has 0 radical (unpaired) electrons. The maximum absolute atomic E-state index is 12.0. The molecule has 2 heterocycles. The van der Waals surface area contributed by atoms with Gasteiger partial charge in [0.2, 0.25) is 12.7 Å². The molecule has 2 aliphatic rings. The number of fused-ring (bicyclic) bond motifs is 2. The highest BCUT2D eigenvalue weighted by Gasteiger charge is 2.13. The van der Waals surface area contributed by atoms with Crippen LogP contribution in [0, 0.1) is 0 Å². The van der Waals surface area contributed by atoms with Gasteiger partial charge < -0.3 is 19.5 Å². The van der Waals surface area contributed by atoms with E-state index in [-0.39, 0.29) is 12.7 Å². The first-order valence-electron chi connectivity index (χ1n) is 8.15. The smallest absolute Gasteiger partial charge is 0.244 e. The zero-order valence-corrected chi connectivity index (χ0v) is 14.6. The third-order valence-corrected chi connectivity index (χ3v) is 4.29. The zero-order valence-electron chi connectivity index (χ0n) is 13.8. The van der Waals surface area contributed by atoms with Crippen molar-refractivity contribution in [1.29, 1.82) is 0 Å². The second-order valence-corrected chi connectivity index (χ2v) is 6.37. The van der Waals surface area contributed by atoms with Gasteiger partial charge >= 0.3 is 0 Å². The summed E-state index contributed by atoms with van der Waals surface area (Å²) in [6.07, 6.45) is 5.21. The molecule has 2 aromatic carbocycles. The number of benzene rings is 2. The van der Waals surface area contributed by atoms with Crippen molar-refractivity contribution < 1.29 is 19.0 Å². The highest BCUT2D eigenvalue weighted by atomic mass is 35.5. The summed E-state index contributed by atoms with van der Waals surface area (Å²) in [6, 6.07) is 11.1. The van der Waals surface area contributed by atoms with Gasteiger partial charge in [-0.1, -0.05) is 23.7 Å². The topological polar surface area (TPSA) is 56.8 Å². The van der Waals surface area contributed by atoms with Gasteiger partial charge in [0, 0.05) is 23.2 Å². The van der Waals surface area contributed by atoms with Gasteiger partial charge in [-0.15, -0.1) is 0 Å². The summed E-state index contributed by atoms with van der Waals surface area (Å²) in [7, 11) is 0. The Morgan fingerprint density at radius 3 is 2.85 bits per heavy atom. The van der Waals surface area contributed by atoms with E-state index in [4.69, 9.17) is 25.8 Å². The van der Waals surface area contributed by atoms with Crippen LogP contribution in [-0.4, -0.2) is 19.3 Å². The molecule has 0 fully saturated rings. The number of halogens is 1. The van der Waals surface area contributed by atoms with E-state index in [1.807, 2.05) is 36.4 Å². The molecular formula is C20H16ClNO4. The molecule has 1 N–H and O–H groups in total. The SMILES string of the molecule is O=C(/C=C/C1=Cc2cc(Cl)ccc2OC1)NCc1ccc2c(c1)OCO2. The maximum Gasteiger partial charge on any atom is 0.244 e. The van der Waals surface area contributed by atoms with Gasteiger partial charge in [0.1, 0.15) is 12.4 Å². The van der Waals surface area contributed by atoms with E-state index >= 15 is 0 Å². The minimum absolute atomic E-state index is 0.180. The van der Waals surface area contributed by atoms with Gasteiger partial charge in [-0.3, -0.25) is 4.79 Å². The molecule has 2 aliphatic heterocycles. The molecular weight excluding hydrogens is 354 g/mol. The Kier molecular flexibility index (Phi) is 4.54. The number of carbonyl (C=O) groups is 1. The zero-order chi connectivity index (χ0) is 17.9. The van der Waals surface area contributed by atoms with E-state index < -0.39 is 0 Å². The van der Waals surface area contributed by atoms with Crippen LogP contribution in [0.4, 0.5) is 0 Å². The number of amides is 1. The molecule has 4 rings (SSSR count). The summed E-state index contributed by atoms with van der Waals surface area (Å²) < 4.78 is 16.3. The lowest BCUT2D eigenvalue weighted by Gasteiger charge is -2.16. The molecule has 132 valence electrons. The number of carbonyl (C=O) groups excluding carboxylic acids is 1. The second-order valence-electron chi connectivity index (χ2n) is 5.93. The fraction of sp³-hybridized carbons (Fsp3) is 0.150. The third kappa shape index (κ3) is 3.68. The van der Waals surface area contributed by atoms with Crippen LogP contribution in [0.5, 0.6) is 17.2 Å². The predicted octanol–water partition coefficient (Wildman–Crippen LogP) is 3.72. The standard InChI is InChI=1S/C20H16ClNO4/c21-16-3-5-17-15(9-16)7-14(11-24-17)2-6-20(23)22-10-13-1-4-18-19(8-13)26-12-25-18/h1-9H,10-12H2,(H,22,23)/b6-2+. The Balaban J connectivity index is 1.36. The number of rotatable bonds is 4. The lowest BCUT2D eigenvalue weighted by molar-refractivity contribution is -0.116. The Labute approximate surface area is 155 Å². The minimum Gasteiger partial charge on any atom is -0.488 e. The van der Waals surface area contributed by atoms with Crippen molar-refractivity contribution in [2.75, 3.05) is 13.4 Å². The Hall–Kier alpha value is -2.92. The average Bonchev–Trinajstić information content (AvgIpc) is 3.12. The summed E-state index contributed by atoms with van der Waals surface area (Å²) >= 11 is 6.00. The maximum atomic E-state index is 12.0. The van der Waals surface area contributed by atoms with Crippen LogP contribution in [0.25, 0.3) is 6.08 Å². The fourth-order valence-corrected chi connectivity index (χ4v) is 2.92. The molecule has 0 aliphatic carbocycles. The highest BCUT2D eigenvalue weighted by molar-refractivity contribution is 6.30. The van der Waals surface area contributed by atoms with Crippen LogP contribution >= 0.6 is 11.6 Å². The van der Waals surface area contributed by atoms with Crippen molar-refractivity contribution in [1.82, 2.24) is 5.32 Å². The van der Waals surface area contributed by atoms with Gasteiger partial charge in [-0.25, -0.2) is 0 Å². The summed E-state index contributed by atoms with van der Waals surface area (Å²) in [4.78, 5) is 12.0. The molecule has 0 saturated heterocycles.